The number of methoxy groups -OCH3 is 2. The Hall–Kier alpha value is -3.82. The summed E-state index contributed by atoms with van der Waals surface area (Å²) >= 11 is 6.45. The molecule has 3 rings (SSSR count). The first kappa shape index (κ1) is 28.7. The minimum Gasteiger partial charge on any atom is -0.493 e. The molecule has 1 aliphatic heterocycles. The first-order valence-corrected chi connectivity index (χ1v) is 12.9. The number of carboxylic acids is 1. The summed E-state index contributed by atoms with van der Waals surface area (Å²) in [5, 5.41) is 21.8. The number of amides is 1. The van der Waals surface area contributed by atoms with Crippen LogP contribution in [-0.2, 0) is 23.1 Å². The number of nitrogens with zero attached hydrogens (tertiary/aromatic N) is 3. The van der Waals surface area contributed by atoms with Gasteiger partial charge < -0.3 is 19.9 Å². The highest BCUT2D eigenvalue weighted by Gasteiger charge is 2.32. The summed E-state index contributed by atoms with van der Waals surface area (Å²) in [4.78, 5) is 38.5. The Morgan fingerprint density at radius 2 is 1.97 bits per heavy atom. The van der Waals surface area contributed by atoms with Crippen molar-refractivity contribution in [2.24, 2.45) is 7.05 Å². The number of carbonyl (C=O) groups is 2. The van der Waals surface area contributed by atoms with Crippen LogP contribution in [-0.4, -0.2) is 58.1 Å². The van der Waals surface area contributed by atoms with Crippen molar-refractivity contribution in [2.75, 3.05) is 32.6 Å². The van der Waals surface area contributed by atoms with Crippen LogP contribution in [0.2, 0.25) is 0 Å². The zero-order valence-electron chi connectivity index (χ0n) is 21.5. The Morgan fingerprint density at radius 1 is 1.26 bits per heavy atom. The van der Waals surface area contributed by atoms with Crippen molar-refractivity contribution in [1.29, 1.82) is 5.26 Å². The van der Waals surface area contributed by atoms with Crippen LogP contribution >= 0.6 is 24.0 Å². The third kappa shape index (κ3) is 6.17. The topological polar surface area (TPSA) is 134 Å². The van der Waals surface area contributed by atoms with Crippen LogP contribution in [0.5, 0.6) is 11.5 Å². The molecule has 200 valence electrons. The first-order chi connectivity index (χ1) is 18.1. The lowest BCUT2D eigenvalue weighted by atomic mass is 10.0. The predicted molar refractivity (Wildman–Crippen MR) is 150 cm³/mol. The number of hydrogen-bond donors (Lipinski definition) is 2. The number of ether oxygens (including phenoxy) is 2. The smallest absolute Gasteiger partial charge is 0.303 e. The van der Waals surface area contributed by atoms with E-state index in [0.717, 1.165) is 17.3 Å². The standard InChI is InChI=1S/C26H28N4O6S2/c1-15-17(13-21-25(34)30(26(37)38-21)11-5-6-22(31)32)23(29(2)24(33)18(15)14-27)28-10-9-16-7-8-19(35-3)20(12-16)36-4/h7-8,12-13,28H,5-6,9-11H2,1-4H3,(H,31,32)/b21-13+. The molecular formula is C26H28N4O6S2. The fourth-order valence-electron chi connectivity index (χ4n) is 4.02. The zero-order valence-corrected chi connectivity index (χ0v) is 23.1. The molecular weight excluding hydrogens is 528 g/mol. The summed E-state index contributed by atoms with van der Waals surface area (Å²) in [7, 11) is 4.70. The van der Waals surface area contributed by atoms with Gasteiger partial charge in [-0.25, -0.2) is 0 Å². The monoisotopic (exact) mass is 556 g/mol. The number of nitriles is 1. The summed E-state index contributed by atoms with van der Waals surface area (Å²) in [5.41, 5.74) is 1.50. The van der Waals surface area contributed by atoms with Crippen LogP contribution in [0.15, 0.2) is 27.9 Å². The average Bonchev–Trinajstić information content (AvgIpc) is 3.16. The molecule has 0 atom stereocenters. The molecule has 1 aromatic carbocycles. The number of aromatic nitrogens is 1. The minimum absolute atomic E-state index is 0.0128. The molecule has 2 aromatic rings. The Morgan fingerprint density at radius 3 is 2.61 bits per heavy atom. The van der Waals surface area contributed by atoms with E-state index in [0.29, 0.717) is 50.6 Å². The maximum atomic E-state index is 13.1. The number of rotatable bonds is 11. The van der Waals surface area contributed by atoms with Gasteiger partial charge in [-0.3, -0.25) is 23.9 Å². The van der Waals surface area contributed by atoms with E-state index in [1.54, 1.807) is 34.3 Å². The lowest BCUT2D eigenvalue weighted by molar-refractivity contribution is -0.137. The highest BCUT2D eigenvalue weighted by Crippen LogP contribution is 2.35. The van der Waals surface area contributed by atoms with Crippen LogP contribution in [0.3, 0.4) is 0 Å². The molecule has 0 radical (unpaired) electrons. The summed E-state index contributed by atoms with van der Waals surface area (Å²) in [5.74, 6) is 0.408. The number of thiocarbonyl (C=S) groups is 1. The molecule has 0 aliphatic carbocycles. The lowest BCUT2D eigenvalue weighted by Crippen LogP contribution is -2.29. The van der Waals surface area contributed by atoms with Crippen molar-refractivity contribution >= 4 is 52.1 Å². The Balaban J connectivity index is 1.92. The summed E-state index contributed by atoms with van der Waals surface area (Å²) in [6.07, 6.45) is 2.43. The van der Waals surface area contributed by atoms with Gasteiger partial charge in [-0.2, -0.15) is 5.26 Å². The summed E-state index contributed by atoms with van der Waals surface area (Å²) < 4.78 is 12.3. The van der Waals surface area contributed by atoms with Gasteiger partial charge in [0.2, 0.25) is 0 Å². The Labute approximate surface area is 229 Å². The van der Waals surface area contributed by atoms with Crippen molar-refractivity contribution in [3.63, 3.8) is 0 Å². The molecule has 1 aromatic heterocycles. The van der Waals surface area contributed by atoms with Gasteiger partial charge in [0.05, 0.1) is 19.1 Å². The number of benzene rings is 1. The van der Waals surface area contributed by atoms with Crippen LogP contribution < -0.4 is 20.3 Å². The molecule has 1 aliphatic rings. The molecule has 0 saturated carbocycles. The molecule has 0 unspecified atom stereocenters. The van der Waals surface area contributed by atoms with E-state index in [1.165, 1.54) is 9.47 Å². The van der Waals surface area contributed by atoms with Gasteiger partial charge in [-0.15, -0.1) is 0 Å². The summed E-state index contributed by atoms with van der Waals surface area (Å²) in [6.45, 7) is 2.31. The van der Waals surface area contributed by atoms with Crippen LogP contribution in [0.25, 0.3) is 6.08 Å². The number of thioether (sulfide) groups is 1. The van der Waals surface area contributed by atoms with E-state index in [1.807, 2.05) is 24.3 Å². The molecule has 1 saturated heterocycles. The van der Waals surface area contributed by atoms with Crippen LogP contribution in [0.1, 0.15) is 35.1 Å². The number of anilines is 1. The highest BCUT2D eigenvalue weighted by molar-refractivity contribution is 8.26. The molecule has 2 heterocycles. The molecule has 1 amide bonds. The van der Waals surface area contributed by atoms with E-state index < -0.39 is 11.5 Å². The number of nitrogens with one attached hydrogen (secondary N) is 1. The van der Waals surface area contributed by atoms with E-state index in [9.17, 15) is 19.6 Å². The number of carboxylic acid groups (broad SMARTS) is 1. The lowest BCUT2D eigenvalue weighted by Gasteiger charge is -2.18. The number of carbonyl (C=O) groups excluding carboxylic acids is 1. The van der Waals surface area contributed by atoms with Gasteiger partial charge in [0.1, 0.15) is 21.8 Å². The minimum atomic E-state index is -0.945. The van der Waals surface area contributed by atoms with E-state index in [4.69, 9.17) is 26.8 Å². The molecule has 38 heavy (non-hydrogen) atoms. The molecule has 10 nitrogen and oxygen atoms in total. The molecule has 0 spiro atoms. The molecule has 0 bridgehead atoms. The number of pyridine rings is 1. The van der Waals surface area contributed by atoms with Crippen molar-refractivity contribution in [2.45, 2.75) is 26.2 Å². The van der Waals surface area contributed by atoms with Gasteiger partial charge in [0.25, 0.3) is 11.5 Å². The van der Waals surface area contributed by atoms with Crippen molar-refractivity contribution in [3.8, 4) is 17.6 Å². The Bertz CT molecular complexity index is 1410. The molecule has 2 N–H and O–H groups in total. The van der Waals surface area contributed by atoms with E-state index in [2.05, 4.69) is 5.32 Å². The van der Waals surface area contributed by atoms with Gasteiger partial charge in [0.15, 0.2) is 11.5 Å². The van der Waals surface area contributed by atoms with Crippen molar-refractivity contribution < 1.29 is 24.2 Å². The number of hydrogen-bond acceptors (Lipinski definition) is 9. The highest BCUT2D eigenvalue weighted by atomic mass is 32.2. The second-order valence-corrected chi connectivity index (χ2v) is 10.1. The molecule has 1 fully saturated rings. The maximum Gasteiger partial charge on any atom is 0.303 e. The third-order valence-electron chi connectivity index (χ3n) is 6.08. The third-order valence-corrected chi connectivity index (χ3v) is 7.45. The normalized spacial score (nSPS) is 14.1. The largest absolute Gasteiger partial charge is 0.493 e. The van der Waals surface area contributed by atoms with E-state index in [-0.39, 0.29) is 30.9 Å². The zero-order chi connectivity index (χ0) is 28.0. The Kier molecular flexibility index (Phi) is 9.55. The van der Waals surface area contributed by atoms with Gasteiger partial charge >= 0.3 is 5.97 Å². The van der Waals surface area contributed by atoms with Crippen molar-refractivity contribution in [1.82, 2.24) is 9.47 Å². The second-order valence-electron chi connectivity index (χ2n) is 8.44. The quantitative estimate of drug-likeness (QED) is 0.314. The fraction of sp³-hybridized carbons (Fsp3) is 0.346. The van der Waals surface area contributed by atoms with Gasteiger partial charge in [-0.1, -0.05) is 30.0 Å². The maximum absolute atomic E-state index is 13.1. The SMILES string of the molecule is COc1ccc(CCNc2c(/C=C3/SC(=S)N(CCCC(=O)O)C3=O)c(C)c(C#N)c(=O)n2C)cc1OC. The second kappa shape index (κ2) is 12.6. The van der Waals surface area contributed by atoms with Crippen LogP contribution in [0, 0.1) is 18.3 Å². The van der Waals surface area contributed by atoms with Crippen LogP contribution in [0.4, 0.5) is 5.82 Å². The van der Waals surface area contributed by atoms with Gasteiger partial charge in [0, 0.05) is 32.1 Å². The van der Waals surface area contributed by atoms with E-state index >= 15 is 0 Å². The predicted octanol–water partition coefficient (Wildman–Crippen LogP) is 3.30. The number of aliphatic carboxylic acids is 1. The summed E-state index contributed by atoms with van der Waals surface area (Å²) in [6, 6.07) is 7.58. The molecule has 12 heteroatoms. The first-order valence-electron chi connectivity index (χ1n) is 11.7. The van der Waals surface area contributed by atoms with Gasteiger partial charge in [-0.05, 0) is 49.1 Å². The average molecular weight is 557 g/mol. The fourth-order valence-corrected chi connectivity index (χ4v) is 5.31. The van der Waals surface area contributed by atoms with Crippen molar-refractivity contribution in [3.05, 3.63) is 55.7 Å².